The first-order valence-electron chi connectivity index (χ1n) is 19.2. The Labute approximate surface area is 296 Å². The number of hydrogen-bond acceptors (Lipinski definition) is 8. The first kappa shape index (κ1) is 47.2. The third-order valence-electron chi connectivity index (χ3n) is 8.30. The Balaban J connectivity index is 3.97. The summed E-state index contributed by atoms with van der Waals surface area (Å²) in [4.78, 5) is 45.6. The van der Waals surface area contributed by atoms with E-state index in [4.69, 9.17) is 13.8 Å². The minimum absolute atomic E-state index is 0.138. The van der Waals surface area contributed by atoms with Crippen molar-refractivity contribution in [2.24, 2.45) is 0 Å². The summed E-state index contributed by atoms with van der Waals surface area (Å²) in [5, 5.41) is 21.7. The fraction of sp³-hybridized carbons (Fsp3) is 0.865. The summed E-state index contributed by atoms with van der Waals surface area (Å²) in [6.07, 6.45) is 29.6. The van der Waals surface area contributed by atoms with Crippen LogP contribution in [0.3, 0.4) is 0 Å². The number of amides is 1. The zero-order valence-corrected chi connectivity index (χ0v) is 31.6. The van der Waals surface area contributed by atoms with Crippen molar-refractivity contribution in [1.82, 2.24) is 5.32 Å². The molecule has 0 aliphatic rings. The molecule has 49 heavy (non-hydrogen) atoms. The maximum absolute atomic E-state index is 12.2. The van der Waals surface area contributed by atoms with Crippen molar-refractivity contribution in [3.05, 3.63) is 12.2 Å². The molecule has 0 fully saturated rings. The Bertz CT molecular complexity index is 900. The maximum atomic E-state index is 12.2. The summed E-state index contributed by atoms with van der Waals surface area (Å²) in [6, 6.07) is -1.54. The molecule has 3 atom stereocenters. The number of carboxylic acids is 1. The molecule has 0 spiro atoms. The van der Waals surface area contributed by atoms with E-state index in [1.807, 2.05) is 0 Å². The van der Waals surface area contributed by atoms with E-state index in [0.29, 0.717) is 12.8 Å². The molecule has 0 aromatic carbocycles. The number of nitrogens with one attached hydrogen (secondary N) is 1. The fourth-order valence-electron chi connectivity index (χ4n) is 5.25. The lowest BCUT2D eigenvalue weighted by Gasteiger charge is -2.18. The van der Waals surface area contributed by atoms with Gasteiger partial charge in [0.25, 0.3) is 0 Å². The largest absolute Gasteiger partial charge is 0.480 e. The molecule has 0 saturated heterocycles. The molecule has 0 radical (unpaired) electrons. The number of allylic oxidation sites excluding steroid dienone is 2. The number of hydrogen-bond donors (Lipinski definition) is 4. The van der Waals surface area contributed by atoms with Crippen LogP contribution in [-0.2, 0) is 32.7 Å². The van der Waals surface area contributed by atoms with Crippen molar-refractivity contribution >= 4 is 25.7 Å². The highest BCUT2D eigenvalue weighted by Gasteiger charge is 2.28. The Hall–Kier alpha value is -1.78. The van der Waals surface area contributed by atoms with Gasteiger partial charge in [-0.15, -0.1) is 0 Å². The van der Waals surface area contributed by atoms with Crippen LogP contribution in [0.1, 0.15) is 174 Å². The Kier molecular flexibility index (Phi) is 32.2. The first-order valence-corrected chi connectivity index (χ1v) is 20.7. The molecule has 11 nitrogen and oxygen atoms in total. The average molecular weight is 720 g/mol. The predicted octanol–water partition coefficient (Wildman–Crippen LogP) is 8.94. The van der Waals surface area contributed by atoms with Crippen LogP contribution in [0.2, 0.25) is 0 Å². The van der Waals surface area contributed by atoms with E-state index in [1.165, 1.54) is 77.0 Å². The van der Waals surface area contributed by atoms with Gasteiger partial charge in [-0.3, -0.25) is 18.6 Å². The lowest BCUT2D eigenvalue weighted by atomic mass is 10.0. The standard InChI is InChI=1S/C37H70NO10P/c1-3-5-7-9-11-13-15-17-18-20-22-24-26-28-35(40)38-34(37(42)43)32-48-49(44,45)47-31-33(39)30-46-36(41)29-27-25-23-21-19-16-14-12-10-8-6-4-2/h13,15,33-34,39H,3-12,14,16-32H2,1-2H3,(H,38,40)(H,42,43)(H,44,45)/b15-13-. The number of unbranched alkanes of at least 4 members (excludes halogenated alkanes) is 20. The number of phosphoric ester groups is 1. The number of carbonyl (C=O) groups excluding carboxylic acids is 2. The van der Waals surface area contributed by atoms with Gasteiger partial charge in [-0.25, -0.2) is 9.36 Å². The molecule has 0 aromatic rings. The number of ether oxygens (including phenoxy) is 1. The van der Waals surface area contributed by atoms with E-state index in [0.717, 1.165) is 57.8 Å². The molecular formula is C37H70NO10P. The number of esters is 1. The Morgan fingerprint density at radius 3 is 1.57 bits per heavy atom. The summed E-state index contributed by atoms with van der Waals surface area (Å²) in [5.41, 5.74) is 0. The van der Waals surface area contributed by atoms with Crippen LogP contribution < -0.4 is 5.32 Å². The van der Waals surface area contributed by atoms with Crippen LogP contribution in [0.15, 0.2) is 12.2 Å². The summed E-state index contributed by atoms with van der Waals surface area (Å²) in [7, 11) is -4.74. The lowest BCUT2D eigenvalue weighted by Crippen LogP contribution is -2.43. The van der Waals surface area contributed by atoms with Crippen molar-refractivity contribution in [2.75, 3.05) is 19.8 Å². The zero-order chi connectivity index (χ0) is 36.4. The molecule has 0 bridgehead atoms. The highest BCUT2D eigenvalue weighted by molar-refractivity contribution is 7.47. The van der Waals surface area contributed by atoms with Gasteiger partial charge in [-0.2, -0.15) is 0 Å². The number of aliphatic hydroxyl groups excluding tert-OH is 1. The summed E-state index contributed by atoms with van der Waals surface area (Å²) in [5.74, 6) is -2.38. The normalized spacial score (nSPS) is 14.0. The van der Waals surface area contributed by atoms with Crippen molar-refractivity contribution in [2.45, 2.75) is 187 Å². The molecule has 0 heterocycles. The monoisotopic (exact) mass is 719 g/mol. The molecule has 0 rings (SSSR count). The molecule has 4 N–H and O–H groups in total. The van der Waals surface area contributed by atoms with Gasteiger partial charge < -0.3 is 25.2 Å². The molecule has 1 amide bonds. The Morgan fingerprint density at radius 1 is 0.633 bits per heavy atom. The average Bonchev–Trinajstić information content (AvgIpc) is 3.07. The van der Waals surface area contributed by atoms with Crippen molar-refractivity contribution in [3.8, 4) is 0 Å². The van der Waals surface area contributed by atoms with Gasteiger partial charge in [-0.1, -0.05) is 135 Å². The molecule has 3 unspecified atom stereocenters. The number of aliphatic hydroxyl groups is 1. The maximum Gasteiger partial charge on any atom is 0.472 e. The minimum atomic E-state index is -4.74. The second-order valence-electron chi connectivity index (χ2n) is 13.1. The number of aliphatic carboxylic acids is 1. The smallest absolute Gasteiger partial charge is 0.472 e. The molecule has 288 valence electrons. The van der Waals surface area contributed by atoms with Crippen LogP contribution in [0.25, 0.3) is 0 Å². The SMILES string of the molecule is CCCCCC/C=C\CCCCCCCC(=O)NC(COP(=O)(O)OCC(O)COC(=O)CCCCCCCCCCCCCC)C(=O)O. The highest BCUT2D eigenvalue weighted by atomic mass is 31.2. The number of phosphoric acid groups is 1. The predicted molar refractivity (Wildman–Crippen MR) is 194 cm³/mol. The van der Waals surface area contributed by atoms with Crippen LogP contribution in [0.5, 0.6) is 0 Å². The van der Waals surface area contributed by atoms with E-state index in [9.17, 15) is 34.1 Å². The van der Waals surface area contributed by atoms with Gasteiger partial charge in [0.15, 0.2) is 6.04 Å². The van der Waals surface area contributed by atoms with Gasteiger partial charge >= 0.3 is 19.8 Å². The first-order chi connectivity index (χ1) is 23.6. The van der Waals surface area contributed by atoms with E-state index >= 15 is 0 Å². The zero-order valence-electron chi connectivity index (χ0n) is 30.8. The highest BCUT2D eigenvalue weighted by Crippen LogP contribution is 2.43. The summed E-state index contributed by atoms with van der Waals surface area (Å²) in [6.45, 7) is 2.55. The molecule has 0 aliphatic heterocycles. The summed E-state index contributed by atoms with van der Waals surface area (Å²) < 4.78 is 26.7. The van der Waals surface area contributed by atoms with Gasteiger partial charge in [0.05, 0.1) is 13.2 Å². The van der Waals surface area contributed by atoms with Crippen molar-refractivity contribution in [1.29, 1.82) is 0 Å². The second-order valence-corrected chi connectivity index (χ2v) is 14.6. The molecule has 0 aliphatic carbocycles. The minimum Gasteiger partial charge on any atom is -0.480 e. The van der Waals surface area contributed by atoms with Crippen LogP contribution in [0.4, 0.5) is 0 Å². The second kappa shape index (κ2) is 33.4. The van der Waals surface area contributed by atoms with E-state index in [2.05, 4.69) is 31.3 Å². The van der Waals surface area contributed by atoms with Gasteiger partial charge in [0, 0.05) is 12.8 Å². The van der Waals surface area contributed by atoms with E-state index < -0.39 is 57.6 Å². The number of carbonyl (C=O) groups is 3. The van der Waals surface area contributed by atoms with Crippen molar-refractivity contribution in [3.63, 3.8) is 0 Å². The molecular weight excluding hydrogens is 649 g/mol. The molecule has 0 saturated carbocycles. The van der Waals surface area contributed by atoms with Gasteiger partial charge in [0.2, 0.25) is 5.91 Å². The fourth-order valence-corrected chi connectivity index (χ4v) is 6.02. The Morgan fingerprint density at radius 2 is 1.06 bits per heavy atom. The van der Waals surface area contributed by atoms with Crippen LogP contribution in [0, 0.1) is 0 Å². The lowest BCUT2D eigenvalue weighted by molar-refractivity contribution is -0.147. The number of carboxylic acid groups (broad SMARTS) is 1. The molecule has 0 aromatic heterocycles. The van der Waals surface area contributed by atoms with Crippen molar-refractivity contribution < 1.29 is 47.8 Å². The van der Waals surface area contributed by atoms with Crippen LogP contribution >= 0.6 is 7.82 Å². The third-order valence-corrected chi connectivity index (χ3v) is 9.26. The van der Waals surface area contributed by atoms with Gasteiger partial charge in [-0.05, 0) is 38.5 Å². The van der Waals surface area contributed by atoms with Gasteiger partial charge in [0.1, 0.15) is 12.7 Å². The van der Waals surface area contributed by atoms with E-state index in [1.54, 1.807) is 0 Å². The van der Waals surface area contributed by atoms with E-state index in [-0.39, 0.29) is 12.8 Å². The molecule has 12 heteroatoms. The quantitative estimate of drug-likeness (QED) is 0.0212. The summed E-state index contributed by atoms with van der Waals surface area (Å²) >= 11 is 0. The topological polar surface area (TPSA) is 169 Å². The van der Waals surface area contributed by atoms with Crippen LogP contribution in [-0.4, -0.2) is 64.9 Å². The number of rotatable bonds is 36. The third kappa shape index (κ3) is 33.1.